The first kappa shape index (κ1) is 20.3. The van der Waals surface area contributed by atoms with Crippen LogP contribution >= 0.6 is 0 Å². The number of hydrogen-bond donors (Lipinski definition) is 2. The van der Waals surface area contributed by atoms with Gasteiger partial charge in [0.1, 0.15) is 18.0 Å². The minimum absolute atomic E-state index is 0.364. The third kappa shape index (κ3) is 3.02. The molecule has 0 saturated heterocycles. The number of H-pyrrole nitrogens is 2. The third-order valence-corrected chi connectivity index (χ3v) is 7.55. The van der Waals surface area contributed by atoms with Gasteiger partial charge in [-0.15, -0.1) is 0 Å². The topological polar surface area (TPSA) is 83.1 Å². The molecule has 0 fully saturated rings. The average Bonchev–Trinajstić information content (AvgIpc) is 3.51. The van der Waals surface area contributed by atoms with E-state index in [9.17, 15) is 0 Å². The Morgan fingerprint density at radius 2 is 1.77 bits per heavy atom. The van der Waals surface area contributed by atoms with Crippen LogP contribution in [-0.4, -0.2) is 29.9 Å². The molecular weight excluding hydrogens is 432 g/mol. The number of aromatic amines is 2. The number of aryl methyl sites for hydroxylation is 3. The molecule has 7 rings (SSSR count). The predicted octanol–water partition coefficient (Wildman–Crippen LogP) is 6.64. The molecule has 0 saturated carbocycles. The summed E-state index contributed by atoms with van der Waals surface area (Å²) in [6.07, 6.45) is 6.60. The normalized spacial score (nSPS) is 13.9. The van der Waals surface area contributed by atoms with Crippen molar-refractivity contribution >= 4 is 32.7 Å². The standard InChI is InChI=1S/C29H26N6/c1-4-15(2)29-34-27-21-9-6-18(12-22(21)23-13-30-14-31-26(23)28(27)35-29)17-5-8-20-19(11-17)7-10-24-25(20)33-16(3)32-24/h5-6,8-9,11-15H,4,7,10H2,1-3H3,(H,32,33)(H,34,35). The highest BCUT2D eigenvalue weighted by atomic mass is 14.9. The Morgan fingerprint density at radius 1 is 0.914 bits per heavy atom. The second-order valence-corrected chi connectivity index (χ2v) is 9.72. The molecule has 172 valence electrons. The minimum Gasteiger partial charge on any atom is -0.346 e. The molecule has 1 aliphatic rings. The fourth-order valence-corrected chi connectivity index (χ4v) is 5.48. The molecule has 6 heteroatoms. The van der Waals surface area contributed by atoms with Gasteiger partial charge in [0.2, 0.25) is 0 Å². The fraction of sp³-hybridized carbons (Fsp3) is 0.241. The molecular formula is C29H26N6. The van der Waals surface area contributed by atoms with Gasteiger partial charge in [0.05, 0.1) is 22.2 Å². The lowest BCUT2D eigenvalue weighted by molar-refractivity contribution is 0.692. The van der Waals surface area contributed by atoms with E-state index < -0.39 is 0 Å². The lowest BCUT2D eigenvalue weighted by atomic mass is 9.89. The number of imidazole rings is 2. The molecule has 1 aliphatic carbocycles. The molecule has 3 aromatic heterocycles. The smallest absolute Gasteiger partial charge is 0.116 e. The van der Waals surface area contributed by atoms with Gasteiger partial charge in [-0.05, 0) is 54.3 Å². The lowest BCUT2D eigenvalue weighted by Gasteiger charge is -2.17. The van der Waals surface area contributed by atoms with Crippen LogP contribution in [0.3, 0.4) is 0 Å². The Hall–Kier alpha value is -4.06. The van der Waals surface area contributed by atoms with Crippen molar-refractivity contribution in [2.24, 2.45) is 0 Å². The number of nitrogens with zero attached hydrogens (tertiary/aromatic N) is 4. The highest BCUT2D eigenvalue weighted by molar-refractivity contribution is 6.22. The quantitative estimate of drug-likeness (QED) is 0.291. The highest BCUT2D eigenvalue weighted by Gasteiger charge is 2.21. The maximum Gasteiger partial charge on any atom is 0.116 e. The van der Waals surface area contributed by atoms with Crippen LogP contribution in [0.1, 0.15) is 49.1 Å². The van der Waals surface area contributed by atoms with Gasteiger partial charge in [0, 0.05) is 34.1 Å². The fourth-order valence-electron chi connectivity index (χ4n) is 5.48. The maximum absolute atomic E-state index is 5.02. The van der Waals surface area contributed by atoms with Crippen LogP contribution in [0.5, 0.6) is 0 Å². The molecule has 0 aliphatic heterocycles. The van der Waals surface area contributed by atoms with Crippen LogP contribution in [0.4, 0.5) is 0 Å². The van der Waals surface area contributed by atoms with E-state index >= 15 is 0 Å². The summed E-state index contributed by atoms with van der Waals surface area (Å²) in [6, 6.07) is 13.5. The van der Waals surface area contributed by atoms with Crippen LogP contribution in [0.15, 0.2) is 48.9 Å². The number of fused-ring (bicyclic) bond motifs is 9. The van der Waals surface area contributed by atoms with Crippen molar-refractivity contribution in [3.8, 4) is 22.4 Å². The van der Waals surface area contributed by atoms with Gasteiger partial charge in [0.25, 0.3) is 0 Å². The molecule has 3 heterocycles. The molecule has 0 amide bonds. The van der Waals surface area contributed by atoms with Gasteiger partial charge in [0.15, 0.2) is 0 Å². The van der Waals surface area contributed by atoms with E-state index in [4.69, 9.17) is 9.97 Å². The van der Waals surface area contributed by atoms with Gasteiger partial charge in [-0.1, -0.05) is 44.2 Å². The van der Waals surface area contributed by atoms with Crippen molar-refractivity contribution in [3.63, 3.8) is 0 Å². The van der Waals surface area contributed by atoms with Gasteiger partial charge in [-0.2, -0.15) is 0 Å². The van der Waals surface area contributed by atoms with Crippen molar-refractivity contribution in [3.05, 3.63) is 71.8 Å². The summed E-state index contributed by atoms with van der Waals surface area (Å²) in [4.78, 5) is 25.7. The van der Waals surface area contributed by atoms with Gasteiger partial charge < -0.3 is 9.97 Å². The molecule has 0 spiro atoms. The highest BCUT2D eigenvalue weighted by Crippen LogP contribution is 2.38. The summed E-state index contributed by atoms with van der Waals surface area (Å²) in [6.45, 7) is 6.42. The molecule has 1 atom stereocenters. The third-order valence-electron chi connectivity index (χ3n) is 7.55. The van der Waals surface area contributed by atoms with E-state index in [1.54, 1.807) is 6.33 Å². The molecule has 6 aromatic rings. The molecule has 0 bridgehead atoms. The van der Waals surface area contributed by atoms with E-state index in [0.717, 1.165) is 69.3 Å². The first-order valence-electron chi connectivity index (χ1n) is 12.3. The van der Waals surface area contributed by atoms with E-state index in [1.807, 2.05) is 13.1 Å². The summed E-state index contributed by atoms with van der Waals surface area (Å²) in [5.41, 5.74) is 10.3. The van der Waals surface area contributed by atoms with E-state index in [2.05, 4.69) is 70.2 Å². The Morgan fingerprint density at radius 3 is 2.66 bits per heavy atom. The molecule has 2 N–H and O–H groups in total. The molecule has 35 heavy (non-hydrogen) atoms. The van der Waals surface area contributed by atoms with Gasteiger partial charge in [-0.25, -0.2) is 19.9 Å². The van der Waals surface area contributed by atoms with Crippen molar-refractivity contribution in [2.45, 2.75) is 46.0 Å². The van der Waals surface area contributed by atoms with Crippen molar-refractivity contribution in [2.75, 3.05) is 0 Å². The Kier molecular flexibility index (Phi) is 4.34. The largest absolute Gasteiger partial charge is 0.346 e. The maximum atomic E-state index is 5.02. The summed E-state index contributed by atoms with van der Waals surface area (Å²) in [5, 5.41) is 3.31. The van der Waals surface area contributed by atoms with Crippen molar-refractivity contribution < 1.29 is 0 Å². The van der Waals surface area contributed by atoms with Crippen LogP contribution in [0, 0.1) is 6.92 Å². The average molecular weight is 459 g/mol. The van der Waals surface area contributed by atoms with Crippen LogP contribution in [-0.2, 0) is 12.8 Å². The van der Waals surface area contributed by atoms with Gasteiger partial charge >= 0.3 is 0 Å². The van der Waals surface area contributed by atoms with Crippen molar-refractivity contribution in [1.29, 1.82) is 0 Å². The number of hydrogen-bond acceptors (Lipinski definition) is 4. The molecule has 3 aromatic carbocycles. The van der Waals surface area contributed by atoms with E-state index in [-0.39, 0.29) is 0 Å². The lowest BCUT2D eigenvalue weighted by Crippen LogP contribution is -2.03. The second kappa shape index (κ2) is 7.47. The SMILES string of the molecule is CCC(C)c1nc2c3ccc(-c4ccc5c(c4)CCc4[nH]c(C)nc4-5)cc3c3cncnc3c2[nH]1. The summed E-state index contributed by atoms with van der Waals surface area (Å²) in [7, 11) is 0. The van der Waals surface area contributed by atoms with Gasteiger partial charge in [-0.3, -0.25) is 0 Å². The minimum atomic E-state index is 0.364. The molecule has 6 nitrogen and oxygen atoms in total. The number of rotatable bonds is 3. The number of aromatic nitrogens is 6. The number of benzene rings is 3. The monoisotopic (exact) mass is 458 g/mol. The van der Waals surface area contributed by atoms with Crippen LogP contribution in [0.25, 0.3) is 55.1 Å². The summed E-state index contributed by atoms with van der Waals surface area (Å²) in [5.74, 6) is 2.36. The summed E-state index contributed by atoms with van der Waals surface area (Å²) < 4.78 is 0. The zero-order valence-electron chi connectivity index (χ0n) is 20.1. The zero-order valence-corrected chi connectivity index (χ0v) is 20.1. The van der Waals surface area contributed by atoms with Crippen LogP contribution in [0.2, 0.25) is 0 Å². The predicted molar refractivity (Wildman–Crippen MR) is 141 cm³/mol. The summed E-state index contributed by atoms with van der Waals surface area (Å²) >= 11 is 0. The molecule has 1 unspecified atom stereocenters. The second-order valence-electron chi connectivity index (χ2n) is 9.72. The Labute approximate surface area is 202 Å². The Bertz CT molecular complexity index is 1770. The van der Waals surface area contributed by atoms with E-state index in [0.29, 0.717) is 5.92 Å². The zero-order chi connectivity index (χ0) is 23.7. The molecule has 0 radical (unpaired) electrons. The van der Waals surface area contributed by atoms with Crippen LogP contribution < -0.4 is 0 Å². The first-order chi connectivity index (χ1) is 17.1. The number of nitrogens with one attached hydrogen (secondary N) is 2. The van der Waals surface area contributed by atoms with Crippen molar-refractivity contribution in [1.82, 2.24) is 29.9 Å². The Balaban J connectivity index is 1.43. The van der Waals surface area contributed by atoms with E-state index in [1.165, 1.54) is 27.9 Å². The first-order valence-corrected chi connectivity index (χ1v) is 12.3.